The Morgan fingerprint density at radius 3 is 1.48 bits per heavy atom. The van der Waals surface area contributed by atoms with Crippen LogP contribution in [0.15, 0.2) is 0 Å². The molecule has 0 aromatic carbocycles. The smallest absolute Gasteiger partial charge is 0.238 e. The van der Waals surface area contributed by atoms with Crippen LogP contribution in [0.3, 0.4) is 0 Å². The predicted molar refractivity (Wildman–Crippen MR) is 126 cm³/mol. The zero-order chi connectivity index (χ0) is 23.5. The highest BCUT2D eigenvalue weighted by Gasteiger charge is 2.20. The van der Waals surface area contributed by atoms with E-state index in [1.807, 2.05) is 0 Å². The van der Waals surface area contributed by atoms with Crippen LogP contribution in [0.5, 0.6) is 0 Å². The number of carbonyl (C=O) groups excluding carboxylic acids is 2. The first-order chi connectivity index (χ1) is 14.8. The van der Waals surface area contributed by atoms with Crippen molar-refractivity contribution in [3.8, 4) is 0 Å². The van der Waals surface area contributed by atoms with Crippen molar-refractivity contribution in [2.24, 2.45) is 0 Å². The fourth-order valence-corrected chi connectivity index (χ4v) is 4.55. The normalized spacial score (nSPS) is 15.2. The summed E-state index contributed by atoms with van der Waals surface area (Å²) in [6.07, 6.45) is -0.161. The van der Waals surface area contributed by atoms with E-state index in [9.17, 15) is 19.8 Å². The van der Waals surface area contributed by atoms with E-state index in [-0.39, 0.29) is 38.1 Å². The van der Waals surface area contributed by atoms with Gasteiger partial charge in [-0.2, -0.15) is 0 Å². The Labute approximate surface area is 193 Å². The van der Waals surface area contributed by atoms with Crippen LogP contribution in [0.1, 0.15) is 26.7 Å². The van der Waals surface area contributed by atoms with Crippen molar-refractivity contribution < 1.29 is 30.0 Å². The standard InChI is InChI=1S/C19H40N4O6S2/c1-14(26)9-22-18(28)16(20-5-3-7-24)11-30-13-31-12-17(21-6-4-8-25)19(29)23-10-15(2)27/h14-17,20-21,24-27H,3-13H2,1-2H3,(H,22,28)(H,23,29)/t14-,15+,16-,17-/m0/s1. The molecule has 0 aromatic rings. The molecule has 0 fully saturated rings. The average Bonchev–Trinajstić information content (AvgIpc) is 2.73. The Bertz CT molecular complexity index is 435. The second kappa shape index (κ2) is 20.0. The zero-order valence-electron chi connectivity index (χ0n) is 18.5. The van der Waals surface area contributed by atoms with Gasteiger partial charge in [-0.1, -0.05) is 0 Å². The quantitative estimate of drug-likeness (QED) is 0.0722. The minimum Gasteiger partial charge on any atom is -0.396 e. The second-order valence-electron chi connectivity index (χ2n) is 7.22. The van der Waals surface area contributed by atoms with Crippen LogP contribution < -0.4 is 21.3 Å². The van der Waals surface area contributed by atoms with Crippen molar-refractivity contribution in [2.75, 3.05) is 56.0 Å². The van der Waals surface area contributed by atoms with Crippen LogP contribution >= 0.6 is 23.5 Å². The van der Waals surface area contributed by atoms with Crippen molar-refractivity contribution in [3.63, 3.8) is 0 Å². The molecule has 0 unspecified atom stereocenters. The van der Waals surface area contributed by atoms with Gasteiger partial charge in [-0.3, -0.25) is 9.59 Å². The first-order valence-electron chi connectivity index (χ1n) is 10.6. The average molecular weight is 485 g/mol. The van der Waals surface area contributed by atoms with Gasteiger partial charge in [0.05, 0.1) is 24.3 Å². The van der Waals surface area contributed by atoms with Crippen molar-refractivity contribution in [1.82, 2.24) is 21.3 Å². The fraction of sp³-hybridized carbons (Fsp3) is 0.895. The van der Waals surface area contributed by atoms with Crippen LogP contribution in [0, 0.1) is 0 Å². The first-order valence-corrected chi connectivity index (χ1v) is 12.9. The topological polar surface area (TPSA) is 163 Å². The highest BCUT2D eigenvalue weighted by Crippen LogP contribution is 2.15. The number of nitrogens with one attached hydrogen (secondary N) is 4. The zero-order valence-corrected chi connectivity index (χ0v) is 20.1. The van der Waals surface area contributed by atoms with Gasteiger partial charge in [0.1, 0.15) is 0 Å². The molecule has 0 saturated heterocycles. The van der Waals surface area contributed by atoms with Gasteiger partial charge >= 0.3 is 0 Å². The lowest BCUT2D eigenvalue weighted by Gasteiger charge is -2.20. The van der Waals surface area contributed by atoms with Crippen LogP contribution in [-0.2, 0) is 9.59 Å². The minimum atomic E-state index is -0.625. The summed E-state index contributed by atoms with van der Waals surface area (Å²) in [6.45, 7) is 4.66. The summed E-state index contributed by atoms with van der Waals surface area (Å²) < 4.78 is 0. The SMILES string of the molecule is C[C@H](O)CNC(=O)[C@H](CSCSC[C@H](NCCCO)C(=O)NC[C@@H](C)O)NCCCO. The molecule has 12 heteroatoms. The van der Waals surface area contributed by atoms with E-state index < -0.39 is 24.3 Å². The number of rotatable bonds is 20. The minimum absolute atomic E-state index is 0.0415. The Morgan fingerprint density at radius 1 is 0.774 bits per heavy atom. The molecule has 0 aliphatic rings. The third kappa shape index (κ3) is 17.6. The molecular formula is C19H40N4O6S2. The maximum absolute atomic E-state index is 12.3. The summed E-state index contributed by atoms with van der Waals surface area (Å²) in [4.78, 5) is 24.6. The van der Waals surface area contributed by atoms with Gasteiger partial charge in [0.2, 0.25) is 11.8 Å². The molecule has 0 bridgehead atoms. The second-order valence-corrected chi connectivity index (χ2v) is 9.64. The van der Waals surface area contributed by atoms with Gasteiger partial charge in [0, 0.05) is 42.9 Å². The van der Waals surface area contributed by atoms with E-state index >= 15 is 0 Å². The van der Waals surface area contributed by atoms with Crippen molar-refractivity contribution in [3.05, 3.63) is 0 Å². The molecule has 0 aromatic heterocycles. The molecule has 0 aliphatic carbocycles. The Kier molecular flexibility index (Phi) is 19.7. The lowest BCUT2D eigenvalue weighted by molar-refractivity contribution is -0.123. The molecule has 4 atom stereocenters. The molecule has 10 nitrogen and oxygen atoms in total. The maximum Gasteiger partial charge on any atom is 0.238 e. The van der Waals surface area contributed by atoms with Crippen LogP contribution in [-0.4, -0.2) is 113 Å². The molecular weight excluding hydrogens is 444 g/mol. The number of aliphatic hydroxyl groups excluding tert-OH is 4. The number of carbonyl (C=O) groups is 2. The number of amides is 2. The molecule has 8 N–H and O–H groups in total. The van der Waals surface area contributed by atoms with E-state index in [1.165, 1.54) is 0 Å². The molecule has 184 valence electrons. The summed E-state index contributed by atoms with van der Waals surface area (Å²) in [7, 11) is 0. The lowest BCUT2D eigenvalue weighted by atomic mass is 10.3. The molecule has 0 heterocycles. The first kappa shape index (κ1) is 30.4. The highest BCUT2D eigenvalue weighted by atomic mass is 32.2. The fourth-order valence-electron chi connectivity index (χ4n) is 2.30. The van der Waals surface area contributed by atoms with Gasteiger partial charge in [-0.15, -0.1) is 23.5 Å². The number of thioether (sulfide) groups is 2. The molecule has 0 radical (unpaired) electrons. The Hall–Kier alpha value is -0.600. The summed E-state index contributed by atoms with van der Waals surface area (Å²) >= 11 is 3.11. The largest absolute Gasteiger partial charge is 0.396 e. The van der Waals surface area contributed by atoms with Gasteiger partial charge in [0.15, 0.2) is 0 Å². The highest BCUT2D eigenvalue weighted by molar-refractivity contribution is 8.16. The molecule has 0 spiro atoms. The lowest BCUT2D eigenvalue weighted by Crippen LogP contribution is -2.48. The molecule has 0 aliphatic heterocycles. The van der Waals surface area contributed by atoms with Crippen molar-refractivity contribution in [1.29, 1.82) is 0 Å². The molecule has 31 heavy (non-hydrogen) atoms. The summed E-state index contributed by atoms with van der Waals surface area (Å²) in [6, 6.07) is -0.882. The monoisotopic (exact) mass is 484 g/mol. The van der Waals surface area contributed by atoms with Crippen molar-refractivity contribution >= 4 is 35.3 Å². The molecule has 2 amide bonds. The van der Waals surface area contributed by atoms with E-state index in [1.54, 1.807) is 37.4 Å². The number of aliphatic hydroxyl groups is 4. The van der Waals surface area contributed by atoms with E-state index in [0.717, 1.165) is 0 Å². The van der Waals surface area contributed by atoms with Crippen LogP contribution in [0.2, 0.25) is 0 Å². The van der Waals surface area contributed by atoms with Crippen LogP contribution in [0.4, 0.5) is 0 Å². The summed E-state index contributed by atoms with van der Waals surface area (Å²) in [5, 5.41) is 48.9. The van der Waals surface area contributed by atoms with Crippen LogP contribution in [0.25, 0.3) is 0 Å². The van der Waals surface area contributed by atoms with E-state index in [2.05, 4.69) is 21.3 Å². The van der Waals surface area contributed by atoms with E-state index in [4.69, 9.17) is 10.2 Å². The third-order valence-electron chi connectivity index (χ3n) is 3.96. The third-order valence-corrected chi connectivity index (χ3v) is 6.43. The number of hydrogen-bond acceptors (Lipinski definition) is 10. The van der Waals surface area contributed by atoms with Gasteiger partial charge in [-0.25, -0.2) is 0 Å². The summed E-state index contributed by atoms with van der Waals surface area (Å²) in [5.74, 6) is 0.636. The molecule has 0 saturated carbocycles. The van der Waals surface area contributed by atoms with Gasteiger partial charge < -0.3 is 41.7 Å². The number of hydrogen-bond donors (Lipinski definition) is 8. The van der Waals surface area contributed by atoms with Crippen molar-refractivity contribution in [2.45, 2.75) is 51.0 Å². The maximum atomic E-state index is 12.3. The van der Waals surface area contributed by atoms with Gasteiger partial charge in [0.25, 0.3) is 0 Å². The van der Waals surface area contributed by atoms with E-state index in [0.29, 0.717) is 42.5 Å². The predicted octanol–water partition coefficient (Wildman–Crippen LogP) is -1.91. The Morgan fingerprint density at radius 2 is 1.16 bits per heavy atom. The summed E-state index contributed by atoms with van der Waals surface area (Å²) in [5.41, 5.74) is 0. The van der Waals surface area contributed by atoms with Gasteiger partial charge in [-0.05, 0) is 39.8 Å². The molecule has 0 rings (SSSR count). The Balaban J connectivity index is 4.45.